The van der Waals surface area contributed by atoms with Gasteiger partial charge in [0.25, 0.3) is 0 Å². The average Bonchev–Trinajstić information content (AvgIpc) is 2.17. The van der Waals surface area contributed by atoms with Crippen molar-refractivity contribution < 1.29 is 14.7 Å². The second-order valence-electron chi connectivity index (χ2n) is 4.20. The molecule has 0 heterocycles. The monoisotopic (exact) mass is 230 g/mol. The predicted octanol–water partition coefficient (Wildman–Crippen LogP) is 0.744. The quantitative estimate of drug-likeness (QED) is 0.603. The maximum absolute atomic E-state index is 11.6. The molecule has 3 N–H and O–H groups in total. The third-order valence-electron chi connectivity index (χ3n) is 2.64. The highest BCUT2D eigenvalue weighted by molar-refractivity contribution is 5.86. The van der Waals surface area contributed by atoms with Gasteiger partial charge in [0, 0.05) is 12.5 Å². The molecule has 0 aliphatic carbocycles. The van der Waals surface area contributed by atoms with Crippen molar-refractivity contribution in [2.45, 2.75) is 52.1 Å². The molecule has 0 aromatic heterocycles. The fourth-order valence-corrected chi connectivity index (χ4v) is 1.35. The van der Waals surface area contributed by atoms with Gasteiger partial charge in [-0.05, 0) is 26.8 Å². The number of rotatable bonds is 7. The van der Waals surface area contributed by atoms with Gasteiger partial charge in [-0.2, -0.15) is 0 Å². The average molecular weight is 230 g/mol. The van der Waals surface area contributed by atoms with E-state index in [1.54, 1.807) is 6.92 Å². The van der Waals surface area contributed by atoms with Crippen LogP contribution in [0.4, 0.5) is 0 Å². The third kappa shape index (κ3) is 4.61. The summed E-state index contributed by atoms with van der Waals surface area (Å²) in [5, 5.41) is 14.6. The maximum atomic E-state index is 11.6. The van der Waals surface area contributed by atoms with Crippen molar-refractivity contribution in [1.29, 1.82) is 0 Å². The first-order chi connectivity index (χ1) is 7.35. The first-order valence-corrected chi connectivity index (χ1v) is 5.63. The van der Waals surface area contributed by atoms with E-state index in [4.69, 9.17) is 5.11 Å². The van der Waals surface area contributed by atoms with Gasteiger partial charge in [-0.25, -0.2) is 4.79 Å². The summed E-state index contributed by atoms with van der Waals surface area (Å²) in [4.78, 5) is 22.6. The molecule has 0 saturated carbocycles. The minimum atomic E-state index is -1.16. The molecule has 0 aliphatic rings. The topological polar surface area (TPSA) is 78.4 Å². The van der Waals surface area contributed by atoms with E-state index in [9.17, 15) is 9.59 Å². The molecule has 0 aliphatic heterocycles. The van der Waals surface area contributed by atoms with E-state index < -0.39 is 11.5 Å². The molecule has 0 spiro atoms. The Labute approximate surface area is 96.6 Å². The van der Waals surface area contributed by atoms with Gasteiger partial charge in [0.15, 0.2) is 0 Å². The SMILES string of the molecule is CCNC(C)CC(=O)NC(C)(CC)C(=O)O. The Hall–Kier alpha value is -1.10. The highest BCUT2D eigenvalue weighted by atomic mass is 16.4. The fourth-order valence-electron chi connectivity index (χ4n) is 1.35. The van der Waals surface area contributed by atoms with Crippen LogP contribution in [0.5, 0.6) is 0 Å². The predicted molar refractivity (Wildman–Crippen MR) is 62.2 cm³/mol. The van der Waals surface area contributed by atoms with E-state index in [1.807, 2.05) is 13.8 Å². The zero-order valence-corrected chi connectivity index (χ0v) is 10.5. The van der Waals surface area contributed by atoms with Crippen LogP contribution in [-0.4, -0.2) is 35.1 Å². The number of carboxylic acids is 1. The van der Waals surface area contributed by atoms with Crippen LogP contribution in [0.25, 0.3) is 0 Å². The van der Waals surface area contributed by atoms with Crippen LogP contribution in [0.15, 0.2) is 0 Å². The van der Waals surface area contributed by atoms with Gasteiger partial charge in [-0.3, -0.25) is 4.79 Å². The van der Waals surface area contributed by atoms with Crippen LogP contribution in [0.2, 0.25) is 0 Å². The summed E-state index contributed by atoms with van der Waals surface area (Å²) in [5.41, 5.74) is -1.16. The molecule has 0 fully saturated rings. The summed E-state index contributed by atoms with van der Waals surface area (Å²) in [6.07, 6.45) is 0.653. The Morgan fingerprint density at radius 3 is 2.31 bits per heavy atom. The van der Waals surface area contributed by atoms with Gasteiger partial charge in [0.1, 0.15) is 5.54 Å². The Bertz CT molecular complexity index is 256. The largest absolute Gasteiger partial charge is 0.480 e. The Morgan fingerprint density at radius 2 is 1.94 bits per heavy atom. The number of carboxylic acid groups (broad SMARTS) is 1. The molecule has 0 rings (SSSR count). The Morgan fingerprint density at radius 1 is 1.38 bits per heavy atom. The highest BCUT2D eigenvalue weighted by Gasteiger charge is 2.32. The number of hydrogen-bond donors (Lipinski definition) is 3. The molecular weight excluding hydrogens is 208 g/mol. The third-order valence-corrected chi connectivity index (χ3v) is 2.64. The molecule has 16 heavy (non-hydrogen) atoms. The molecule has 0 aromatic carbocycles. The van der Waals surface area contributed by atoms with Crippen molar-refractivity contribution in [3.8, 4) is 0 Å². The number of nitrogens with one attached hydrogen (secondary N) is 2. The van der Waals surface area contributed by atoms with Gasteiger partial charge in [0.05, 0.1) is 0 Å². The summed E-state index contributed by atoms with van der Waals surface area (Å²) in [6.45, 7) is 7.90. The van der Waals surface area contributed by atoms with Crippen LogP contribution in [0.3, 0.4) is 0 Å². The summed E-state index contributed by atoms with van der Waals surface area (Å²) in [5.74, 6) is -1.24. The first-order valence-electron chi connectivity index (χ1n) is 5.63. The van der Waals surface area contributed by atoms with Crippen molar-refractivity contribution >= 4 is 11.9 Å². The van der Waals surface area contributed by atoms with Crippen LogP contribution < -0.4 is 10.6 Å². The van der Waals surface area contributed by atoms with Crippen molar-refractivity contribution in [2.24, 2.45) is 0 Å². The fraction of sp³-hybridized carbons (Fsp3) is 0.818. The van der Waals surface area contributed by atoms with E-state index in [-0.39, 0.29) is 18.4 Å². The van der Waals surface area contributed by atoms with Gasteiger partial charge in [-0.1, -0.05) is 13.8 Å². The number of amides is 1. The second kappa shape index (κ2) is 6.48. The number of hydrogen-bond acceptors (Lipinski definition) is 3. The van der Waals surface area contributed by atoms with Crippen LogP contribution in [-0.2, 0) is 9.59 Å². The van der Waals surface area contributed by atoms with Gasteiger partial charge < -0.3 is 15.7 Å². The number of carbonyl (C=O) groups is 2. The summed E-state index contributed by atoms with van der Waals surface area (Å²) < 4.78 is 0. The van der Waals surface area contributed by atoms with E-state index in [1.165, 1.54) is 6.92 Å². The Kier molecular flexibility index (Phi) is 6.03. The second-order valence-corrected chi connectivity index (χ2v) is 4.20. The van der Waals surface area contributed by atoms with E-state index >= 15 is 0 Å². The standard InChI is InChI=1S/C11H22N2O3/c1-5-11(4,10(15)16)13-9(14)7-8(3)12-6-2/h8,12H,5-7H2,1-4H3,(H,13,14)(H,15,16). The molecule has 5 heteroatoms. The molecule has 0 aromatic rings. The van der Waals surface area contributed by atoms with E-state index in [0.29, 0.717) is 6.42 Å². The normalized spacial score (nSPS) is 16.2. The molecule has 1 amide bonds. The molecule has 2 unspecified atom stereocenters. The molecule has 0 bridgehead atoms. The number of carbonyl (C=O) groups excluding carboxylic acids is 1. The zero-order valence-electron chi connectivity index (χ0n) is 10.5. The van der Waals surface area contributed by atoms with Crippen molar-refractivity contribution in [3.05, 3.63) is 0 Å². The van der Waals surface area contributed by atoms with Crippen LogP contribution in [0, 0.1) is 0 Å². The lowest BCUT2D eigenvalue weighted by atomic mass is 9.99. The molecule has 0 saturated heterocycles. The van der Waals surface area contributed by atoms with Crippen LogP contribution >= 0.6 is 0 Å². The van der Waals surface area contributed by atoms with Gasteiger partial charge in [0.2, 0.25) is 5.91 Å². The summed E-state index contributed by atoms with van der Waals surface area (Å²) >= 11 is 0. The summed E-state index contributed by atoms with van der Waals surface area (Å²) in [7, 11) is 0. The maximum Gasteiger partial charge on any atom is 0.329 e. The smallest absolute Gasteiger partial charge is 0.329 e. The minimum Gasteiger partial charge on any atom is -0.480 e. The first kappa shape index (κ1) is 14.9. The lowest BCUT2D eigenvalue weighted by Crippen LogP contribution is -2.52. The Balaban J connectivity index is 4.27. The highest BCUT2D eigenvalue weighted by Crippen LogP contribution is 2.09. The molecule has 0 radical (unpaired) electrons. The van der Waals surface area contributed by atoms with Crippen molar-refractivity contribution in [3.63, 3.8) is 0 Å². The van der Waals surface area contributed by atoms with Crippen molar-refractivity contribution in [2.75, 3.05) is 6.54 Å². The number of aliphatic carboxylic acids is 1. The molecule has 94 valence electrons. The van der Waals surface area contributed by atoms with E-state index in [2.05, 4.69) is 10.6 Å². The minimum absolute atomic E-state index is 0.0555. The van der Waals surface area contributed by atoms with Gasteiger partial charge in [-0.15, -0.1) is 0 Å². The van der Waals surface area contributed by atoms with Crippen molar-refractivity contribution in [1.82, 2.24) is 10.6 Å². The van der Waals surface area contributed by atoms with Gasteiger partial charge >= 0.3 is 5.97 Å². The molecular formula is C11H22N2O3. The zero-order chi connectivity index (χ0) is 12.8. The van der Waals surface area contributed by atoms with Crippen LogP contribution in [0.1, 0.15) is 40.5 Å². The molecule has 5 nitrogen and oxygen atoms in total. The lowest BCUT2D eigenvalue weighted by Gasteiger charge is -2.25. The molecule has 2 atom stereocenters. The summed E-state index contributed by atoms with van der Waals surface area (Å²) in [6, 6.07) is 0.0555. The van der Waals surface area contributed by atoms with E-state index in [0.717, 1.165) is 6.54 Å². The lowest BCUT2D eigenvalue weighted by molar-refractivity contribution is -0.147.